The van der Waals surface area contributed by atoms with Crippen LogP contribution < -0.4 is 5.32 Å². The fraction of sp³-hybridized carbons (Fsp3) is 0.160. The van der Waals surface area contributed by atoms with Gasteiger partial charge in [-0.05, 0) is 52.4 Å². The lowest BCUT2D eigenvalue weighted by atomic mass is 9.86. The summed E-state index contributed by atoms with van der Waals surface area (Å²) >= 11 is 0. The Labute approximate surface area is 175 Å². The molecule has 0 spiro atoms. The maximum Gasteiger partial charge on any atom is 0.337 e. The van der Waals surface area contributed by atoms with Crippen molar-refractivity contribution in [2.24, 2.45) is 0 Å². The van der Waals surface area contributed by atoms with Crippen LogP contribution in [0.3, 0.4) is 0 Å². The van der Waals surface area contributed by atoms with E-state index in [0.29, 0.717) is 5.56 Å². The van der Waals surface area contributed by atoms with Crippen LogP contribution in [-0.2, 0) is 5.41 Å². The topological polar surface area (TPSA) is 90.2 Å². The first kappa shape index (κ1) is 20.8. The Morgan fingerprint density at radius 2 is 1.47 bits per heavy atom. The molecule has 5 heteroatoms. The van der Waals surface area contributed by atoms with Crippen LogP contribution in [0.1, 0.15) is 52.6 Å². The molecule has 0 aliphatic carbocycles. The predicted molar refractivity (Wildman–Crippen MR) is 117 cm³/mol. The average Bonchev–Trinajstić information content (AvgIpc) is 2.73. The average molecular weight is 398 g/mol. The molecule has 30 heavy (non-hydrogen) atoms. The van der Waals surface area contributed by atoms with Crippen molar-refractivity contribution in [1.29, 1.82) is 5.26 Å². The molecule has 0 atom stereocenters. The fourth-order valence-corrected chi connectivity index (χ4v) is 3.07. The van der Waals surface area contributed by atoms with Gasteiger partial charge in [-0.3, -0.25) is 4.79 Å². The number of anilines is 1. The summed E-state index contributed by atoms with van der Waals surface area (Å²) in [4.78, 5) is 24.0. The van der Waals surface area contributed by atoms with Gasteiger partial charge < -0.3 is 10.4 Å². The molecule has 0 saturated carbocycles. The van der Waals surface area contributed by atoms with Gasteiger partial charge in [0.15, 0.2) is 0 Å². The Bertz CT molecular complexity index is 1130. The van der Waals surface area contributed by atoms with E-state index in [1.165, 1.54) is 23.8 Å². The zero-order chi connectivity index (χ0) is 21.9. The minimum absolute atomic E-state index is 0.0841. The van der Waals surface area contributed by atoms with E-state index in [2.05, 4.69) is 50.4 Å². The van der Waals surface area contributed by atoms with Crippen molar-refractivity contribution in [1.82, 2.24) is 0 Å². The Morgan fingerprint density at radius 1 is 0.900 bits per heavy atom. The van der Waals surface area contributed by atoms with E-state index in [0.717, 1.165) is 11.1 Å². The van der Waals surface area contributed by atoms with Gasteiger partial charge in [0.2, 0.25) is 0 Å². The van der Waals surface area contributed by atoms with Crippen LogP contribution in [0.25, 0.3) is 11.1 Å². The van der Waals surface area contributed by atoms with Crippen molar-refractivity contribution in [3.05, 3.63) is 89.0 Å². The minimum atomic E-state index is -1.21. The number of amides is 1. The molecule has 0 saturated heterocycles. The number of aromatic carboxylic acids is 1. The van der Waals surface area contributed by atoms with Crippen molar-refractivity contribution in [3.63, 3.8) is 0 Å². The van der Waals surface area contributed by atoms with E-state index in [4.69, 9.17) is 5.26 Å². The Kier molecular flexibility index (Phi) is 5.70. The number of nitrogens with zero attached hydrogens (tertiary/aromatic N) is 1. The van der Waals surface area contributed by atoms with Crippen molar-refractivity contribution >= 4 is 17.6 Å². The number of hydrogen-bond acceptors (Lipinski definition) is 3. The molecular weight excluding hydrogens is 376 g/mol. The third-order valence-electron chi connectivity index (χ3n) is 4.86. The summed E-state index contributed by atoms with van der Waals surface area (Å²) in [5.74, 6) is -1.63. The second-order valence-corrected chi connectivity index (χ2v) is 8.04. The highest BCUT2D eigenvalue weighted by molar-refractivity contribution is 6.08. The molecule has 5 nitrogen and oxygen atoms in total. The zero-order valence-corrected chi connectivity index (χ0v) is 17.1. The lowest BCUT2D eigenvalue weighted by Crippen LogP contribution is -2.15. The summed E-state index contributed by atoms with van der Waals surface area (Å²) in [6, 6.07) is 21.5. The molecule has 0 aliphatic heterocycles. The second kappa shape index (κ2) is 8.22. The highest BCUT2D eigenvalue weighted by Gasteiger charge is 2.15. The number of rotatable bonds is 4. The molecule has 0 aliphatic rings. The molecule has 0 bridgehead atoms. The van der Waals surface area contributed by atoms with Gasteiger partial charge in [0, 0.05) is 5.56 Å². The molecular formula is C25H22N2O3. The first-order chi connectivity index (χ1) is 14.2. The number of benzene rings is 3. The van der Waals surface area contributed by atoms with Gasteiger partial charge in [-0.25, -0.2) is 4.79 Å². The predicted octanol–water partition coefficient (Wildman–Crippen LogP) is 5.47. The quantitative estimate of drug-likeness (QED) is 0.609. The van der Waals surface area contributed by atoms with Crippen molar-refractivity contribution in [2.45, 2.75) is 26.2 Å². The van der Waals surface area contributed by atoms with Gasteiger partial charge in [0.1, 0.15) is 0 Å². The molecule has 0 fully saturated rings. The van der Waals surface area contributed by atoms with Crippen LogP contribution in [-0.4, -0.2) is 17.0 Å². The van der Waals surface area contributed by atoms with E-state index in [1.807, 2.05) is 18.2 Å². The highest BCUT2D eigenvalue weighted by atomic mass is 16.4. The molecule has 2 N–H and O–H groups in total. The first-order valence-electron chi connectivity index (χ1n) is 9.49. The number of carbonyl (C=O) groups is 2. The molecule has 150 valence electrons. The van der Waals surface area contributed by atoms with Gasteiger partial charge in [0.05, 0.1) is 22.9 Å². The maximum atomic E-state index is 12.6. The van der Waals surface area contributed by atoms with Crippen LogP contribution in [0.15, 0.2) is 66.7 Å². The fourth-order valence-electron chi connectivity index (χ4n) is 3.07. The minimum Gasteiger partial charge on any atom is -0.478 e. The lowest BCUT2D eigenvalue weighted by molar-refractivity contribution is 0.0698. The molecule has 0 heterocycles. The summed E-state index contributed by atoms with van der Waals surface area (Å²) < 4.78 is 0. The number of carboxylic acid groups (broad SMARTS) is 1. The van der Waals surface area contributed by atoms with Crippen LogP contribution >= 0.6 is 0 Å². The lowest BCUT2D eigenvalue weighted by Gasteiger charge is -2.19. The maximum absolute atomic E-state index is 12.6. The Balaban J connectivity index is 1.79. The second-order valence-electron chi connectivity index (χ2n) is 8.04. The van der Waals surface area contributed by atoms with Crippen molar-refractivity contribution in [2.75, 3.05) is 5.32 Å². The number of carboxylic acids is 1. The summed E-state index contributed by atoms with van der Waals surface area (Å²) in [6.45, 7) is 6.50. The Hall–Kier alpha value is -3.91. The number of carbonyl (C=O) groups excluding carboxylic acids is 1. The standard InChI is InChI=1S/C25H22N2O3/c1-25(2,3)20-11-9-18(10-12-20)17-5-7-19(8-6-17)23(28)27-22-13-4-16(15-26)14-21(22)24(29)30/h4-14H,1-3H3,(H,27,28)(H,29,30). The van der Waals surface area contributed by atoms with Gasteiger partial charge in [0.25, 0.3) is 5.91 Å². The largest absolute Gasteiger partial charge is 0.478 e. The van der Waals surface area contributed by atoms with Gasteiger partial charge in [-0.1, -0.05) is 57.2 Å². The normalized spacial score (nSPS) is 10.9. The van der Waals surface area contributed by atoms with E-state index in [-0.39, 0.29) is 22.2 Å². The summed E-state index contributed by atoms with van der Waals surface area (Å²) in [5.41, 5.74) is 4.01. The molecule has 1 amide bonds. The van der Waals surface area contributed by atoms with Crippen LogP contribution in [0.4, 0.5) is 5.69 Å². The van der Waals surface area contributed by atoms with Crippen molar-refractivity contribution < 1.29 is 14.7 Å². The molecule has 0 unspecified atom stereocenters. The molecule has 0 aromatic heterocycles. The van der Waals surface area contributed by atoms with E-state index >= 15 is 0 Å². The van der Waals surface area contributed by atoms with Crippen LogP contribution in [0, 0.1) is 11.3 Å². The third-order valence-corrected chi connectivity index (χ3v) is 4.86. The van der Waals surface area contributed by atoms with Crippen LogP contribution in [0.2, 0.25) is 0 Å². The van der Waals surface area contributed by atoms with E-state index in [9.17, 15) is 14.7 Å². The molecule has 0 radical (unpaired) electrons. The van der Waals surface area contributed by atoms with Gasteiger partial charge >= 0.3 is 5.97 Å². The van der Waals surface area contributed by atoms with Crippen molar-refractivity contribution in [3.8, 4) is 17.2 Å². The van der Waals surface area contributed by atoms with Gasteiger partial charge in [-0.15, -0.1) is 0 Å². The smallest absolute Gasteiger partial charge is 0.337 e. The summed E-state index contributed by atoms with van der Waals surface area (Å²) in [5, 5.41) is 20.9. The zero-order valence-electron chi connectivity index (χ0n) is 17.1. The highest BCUT2D eigenvalue weighted by Crippen LogP contribution is 2.26. The first-order valence-corrected chi connectivity index (χ1v) is 9.49. The van der Waals surface area contributed by atoms with Crippen LogP contribution in [0.5, 0.6) is 0 Å². The number of nitriles is 1. The molecule has 3 rings (SSSR count). The van der Waals surface area contributed by atoms with E-state index in [1.54, 1.807) is 12.1 Å². The summed E-state index contributed by atoms with van der Waals surface area (Å²) in [7, 11) is 0. The molecule has 3 aromatic carbocycles. The van der Waals surface area contributed by atoms with E-state index < -0.39 is 11.9 Å². The Morgan fingerprint density at radius 3 is 1.97 bits per heavy atom. The third kappa shape index (κ3) is 4.56. The molecule has 3 aromatic rings. The number of nitrogens with one attached hydrogen (secondary N) is 1. The number of hydrogen-bond donors (Lipinski definition) is 2. The summed E-state index contributed by atoms with van der Waals surface area (Å²) in [6.07, 6.45) is 0. The van der Waals surface area contributed by atoms with Gasteiger partial charge in [-0.2, -0.15) is 5.26 Å². The monoisotopic (exact) mass is 398 g/mol. The SMILES string of the molecule is CC(C)(C)c1ccc(-c2ccc(C(=O)Nc3ccc(C#N)cc3C(=O)O)cc2)cc1.